The molecule has 50 heavy (non-hydrogen) atoms. The normalized spacial score (nSPS) is 14.1. The summed E-state index contributed by atoms with van der Waals surface area (Å²) in [6, 6.07) is 58.4. The van der Waals surface area contributed by atoms with E-state index in [1.54, 1.807) is 0 Å². The second kappa shape index (κ2) is 11.7. The fourth-order valence-electron chi connectivity index (χ4n) is 7.70. The molecule has 0 radical (unpaired) electrons. The lowest BCUT2D eigenvalue weighted by atomic mass is 10.1. The second-order valence-corrected chi connectivity index (χ2v) is 20.9. The summed E-state index contributed by atoms with van der Waals surface area (Å²) in [5.74, 6) is 0. The second-order valence-electron chi connectivity index (χ2n) is 13.4. The van der Waals surface area contributed by atoms with Gasteiger partial charge in [-0.2, -0.15) is 0 Å². The van der Waals surface area contributed by atoms with Gasteiger partial charge in [0.15, 0.2) is 0 Å². The van der Waals surface area contributed by atoms with Gasteiger partial charge in [0.1, 0.15) is 8.07 Å². The molecule has 2 aliphatic rings. The molecular formula is C44H32N2S3Si. The Kier molecular flexibility index (Phi) is 7.10. The minimum absolute atomic E-state index is 1.17. The van der Waals surface area contributed by atoms with Crippen molar-refractivity contribution >= 4 is 92.6 Å². The Labute approximate surface area is 306 Å². The first-order chi connectivity index (χ1) is 24.6. The van der Waals surface area contributed by atoms with Crippen LogP contribution in [0.25, 0.3) is 27.5 Å². The van der Waals surface area contributed by atoms with E-state index >= 15 is 0 Å². The summed E-state index contributed by atoms with van der Waals surface area (Å²) in [5, 5.41) is 5.54. The third kappa shape index (κ3) is 4.66. The fourth-order valence-corrected chi connectivity index (χ4v) is 15.6. The molecule has 0 N–H and O–H groups in total. The van der Waals surface area contributed by atoms with E-state index in [9.17, 15) is 0 Å². The summed E-state index contributed by atoms with van der Waals surface area (Å²) in [6.45, 7) is 5.02. The van der Waals surface area contributed by atoms with Gasteiger partial charge in [-0.3, -0.25) is 0 Å². The Bertz CT molecular complexity index is 2630. The summed E-state index contributed by atoms with van der Waals surface area (Å²) in [5.41, 5.74) is 7.22. The first kappa shape index (κ1) is 30.2. The zero-order valence-electron chi connectivity index (χ0n) is 27.6. The predicted octanol–water partition coefficient (Wildman–Crippen LogP) is 12.2. The summed E-state index contributed by atoms with van der Waals surface area (Å²) < 4.78 is 2.40. The number of benzene rings is 7. The van der Waals surface area contributed by atoms with Gasteiger partial charge in [0.05, 0.1) is 27.3 Å². The first-order valence-corrected chi connectivity index (χ1v) is 22.4. The summed E-state index contributed by atoms with van der Waals surface area (Å²) in [7, 11) is -1.96. The van der Waals surface area contributed by atoms with E-state index in [1.807, 2.05) is 35.3 Å². The van der Waals surface area contributed by atoms with Crippen LogP contribution in [0.2, 0.25) is 13.1 Å². The van der Waals surface area contributed by atoms with E-state index in [-0.39, 0.29) is 0 Å². The Morgan fingerprint density at radius 3 is 1.90 bits per heavy atom. The highest BCUT2D eigenvalue weighted by molar-refractivity contribution is 8.05. The quantitative estimate of drug-likeness (QED) is 0.168. The first-order valence-electron chi connectivity index (χ1n) is 16.9. The van der Waals surface area contributed by atoms with Crippen LogP contribution >= 0.6 is 35.3 Å². The average Bonchev–Trinajstić information content (AvgIpc) is 3.49. The maximum absolute atomic E-state index is 2.55. The molecule has 0 fully saturated rings. The molecule has 2 nitrogen and oxygen atoms in total. The fraction of sp³-hybridized carbons (Fsp3) is 0.0455. The van der Waals surface area contributed by atoms with Gasteiger partial charge in [-0.15, -0.1) is 0 Å². The van der Waals surface area contributed by atoms with Crippen LogP contribution in [0.5, 0.6) is 0 Å². The largest absolute Gasteiger partial charge is 0.309 e. The van der Waals surface area contributed by atoms with Crippen LogP contribution in [0, 0.1) is 0 Å². The standard InChI is InChI=1S/C44H32N2S3Si/c1-50(2)41-24-11-10-22-39(41)49-44-36(19-13-25-42(44)50)46(35-18-12-23-40-43(35)48-38-21-9-8-20-37(38)47-40)30-26-27-34-32(28-30)31-16-6-7-17-33(31)45(34)29-14-4-3-5-15-29/h3-28H,1-2H3. The summed E-state index contributed by atoms with van der Waals surface area (Å²) >= 11 is 5.71. The van der Waals surface area contributed by atoms with Crippen molar-refractivity contribution in [1.82, 2.24) is 4.57 Å². The van der Waals surface area contributed by atoms with Gasteiger partial charge >= 0.3 is 0 Å². The Morgan fingerprint density at radius 1 is 0.460 bits per heavy atom. The highest BCUT2D eigenvalue weighted by atomic mass is 32.2. The molecule has 8 aromatic rings. The minimum Gasteiger partial charge on any atom is -0.309 e. The minimum atomic E-state index is -1.96. The lowest BCUT2D eigenvalue weighted by Crippen LogP contribution is -2.56. The van der Waals surface area contributed by atoms with Crippen molar-refractivity contribution in [3.05, 3.63) is 158 Å². The molecule has 0 spiro atoms. The van der Waals surface area contributed by atoms with Gasteiger partial charge in [-0.05, 0) is 83.2 Å². The predicted molar refractivity (Wildman–Crippen MR) is 217 cm³/mol. The summed E-state index contributed by atoms with van der Waals surface area (Å²) in [4.78, 5) is 10.6. The SMILES string of the molecule is C[Si]1(C)c2ccccc2Sc2c(N(c3ccc4c(c3)c3ccccc3n4-c3ccccc3)c3cccc4c3Sc3ccccc3S4)cccc21. The van der Waals surface area contributed by atoms with Gasteiger partial charge < -0.3 is 9.47 Å². The van der Waals surface area contributed by atoms with E-state index in [0.717, 1.165) is 0 Å². The van der Waals surface area contributed by atoms with Crippen molar-refractivity contribution in [3.8, 4) is 5.69 Å². The highest BCUT2D eigenvalue weighted by Gasteiger charge is 2.37. The monoisotopic (exact) mass is 712 g/mol. The number of hydrogen-bond acceptors (Lipinski definition) is 4. The molecule has 0 amide bonds. The van der Waals surface area contributed by atoms with Crippen LogP contribution in [-0.4, -0.2) is 12.6 Å². The van der Waals surface area contributed by atoms with Crippen LogP contribution in [0.15, 0.2) is 187 Å². The highest BCUT2D eigenvalue weighted by Crippen LogP contribution is 2.55. The number of nitrogens with zero attached hydrogens (tertiary/aromatic N) is 2. The average molecular weight is 713 g/mol. The number of hydrogen-bond donors (Lipinski definition) is 0. The van der Waals surface area contributed by atoms with E-state index in [2.05, 4.69) is 180 Å². The van der Waals surface area contributed by atoms with Gasteiger partial charge in [0, 0.05) is 46.6 Å². The zero-order valence-corrected chi connectivity index (χ0v) is 31.1. The number of para-hydroxylation sites is 2. The molecule has 10 rings (SSSR count). The number of rotatable bonds is 4. The van der Waals surface area contributed by atoms with Crippen molar-refractivity contribution in [2.75, 3.05) is 4.90 Å². The molecule has 0 saturated heterocycles. The van der Waals surface area contributed by atoms with E-state index in [4.69, 9.17) is 0 Å². The Balaban J connectivity index is 1.24. The maximum atomic E-state index is 2.55. The molecule has 0 atom stereocenters. The Hall–Kier alpha value is -4.59. The molecule has 7 aromatic carbocycles. The van der Waals surface area contributed by atoms with Crippen molar-refractivity contribution in [2.45, 2.75) is 42.5 Å². The molecule has 0 saturated carbocycles. The number of fused-ring (bicyclic) bond motifs is 7. The van der Waals surface area contributed by atoms with E-state index in [0.29, 0.717) is 0 Å². The topological polar surface area (TPSA) is 8.17 Å². The molecule has 6 heteroatoms. The molecule has 240 valence electrons. The van der Waals surface area contributed by atoms with Gasteiger partial charge in [-0.1, -0.05) is 133 Å². The maximum Gasteiger partial charge on any atom is 0.115 e. The van der Waals surface area contributed by atoms with Gasteiger partial charge in [-0.25, -0.2) is 0 Å². The van der Waals surface area contributed by atoms with E-state index < -0.39 is 8.07 Å². The van der Waals surface area contributed by atoms with Crippen LogP contribution in [0.4, 0.5) is 17.1 Å². The number of anilines is 3. The third-order valence-electron chi connectivity index (χ3n) is 10.1. The van der Waals surface area contributed by atoms with Crippen LogP contribution in [0.1, 0.15) is 0 Å². The van der Waals surface area contributed by atoms with Crippen molar-refractivity contribution in [3.63, 3.8) is 0 Å². The van der Waals surface area contributed by atoms with Crippen molar-refractivity contribution in [2.24, 2.45) is 0 Å². The molecule has 0 unspecified atom stereocenters. The lowest BCUT2D eigenvalue weighted by Gasteiger charge is -2.37. The molecule has 0 aliphatic carbocycles. The molecule has 0 bridgehead atoms. The third-order valence-corrected chi connectivity index (χ3v) is 17.8. The molecule has 3 heterocycles. The Morgan fingerprint density at radius 2 is 1.06 bits per heavy atom. The van der Waals surface area contributed by atoms with Crippen molar-refractivity contribution in [1.29, 1.82) is 0 Å². The lowest BCUT2D eigenvalue weighted by molar-refractivity contribution is 1.11. The van der Waals surface area contributed by atoms with Crippen LogP contribution < -0.4 is 15.3 Å². The van der Waals surface area contributed by atoms with Crippen LogP contribution in [0.3, 0.4) is 0 Å². The molecular weight excluding hydrogens is 681 g/mol. The summed E-state index contributed by atoms with van der Waals surface area (Å²) in [6.07, 6.45) is 0. The van der Waals surface area contributed by atoms with Crippen molar-refractivity contribution < 1.29 is 0 Å². The zero-order chi connectivity index (χ0) is 33.4. The van der Waals surface area contributed by atoms with Gasteiger partial charge in [0.25, 0.3) is 0 Å². The molecule has 1 aromatic heterocycles. The van der Waals surface area contributed by atoms with Gasteiger partial charge in [0.2, 0.25) is 0 Å². The van der Waals surface area contributed by atoms with Crippen LogP contribution in [-0.2, 0) is 0 Å². The smallest absolute Gasteiger partial charge is 0.115 e. The van der Waals surface area contributed by atoms with E-state index in [1.165, 1.54) is 84.3 Å². The number of aromatic nitrogens is 1. The molecule has 2 aliphatic heterocycles.